The van der Waals surface area contributed by atoms with Crippen molar-refractivity contribution in [3.8, 4) is 6.07 Å². The van der Waals surface area contributed by atoms with E-state index >= 15 is 0 Å². The molecule has 1 N–H and O–H groups in total. The molecule has 1 aromatic heterocycles. The van der Waals surface area contributed by atoms with Crippen LogP contribution in [-0.4, -0.2) is 11.1 Å². The summed E-state index contributed by atoms with van der Waals surface area (Å²) in [6.07, 6.45) is 0. The molecule has 0 aliphatic rings. The predicted molar refractivity (Wildman–Crippen MR) is 76.7 cm³/mol. The number of nitriles is 1. The molecular formula is C14H11NO2S2. The Balaban J connectivity index is 2.06. The molecule has 0 fully saturated rings. The summed E-state index contributed by atoms with van der Waals surface area (Å²) in [5, 5.41) is 19.5. The molecule has 1 heterocycles. The van der Waals surface area contributed by atoms with Crippen molar-refractivity contribution in [3.63, 3.8) is 0 Å². The smallest absolute Gasteiger partial charge is 0.345 e. The first kappa shape index (κ1) is 13.7. The van der Waals surface area contributed by atoms with Gasteiger partial charge in [-0.15, -0.1) is 23.1 Å². The van der Waals surface area contributed by atoms with Gasteiger partial charge in [0, 0.05) is 16.0 Å². The van der Waals surface area contributed by atoms with Gasteiger partial charge >= 0.3 is 5.97 Å². The lowest BCUT2D eigenvalue weighted by Crippen LogP contribution is -1.90. The Bertz CT molecular complexity index is 656. The first-order valence-electron chi connectivity index (χ1n) is 5.54. The monoisotopic (exact) mass is 289 g/mol. The van der Waals surface area contributed by atoms with Crippen molar-refractivity contribution in [2.75, 3.05) is 0 Å². The van der Waals surface area contributed by atoms with E-state index in [9.17, 15) is 4.79 Å². The molecule has 0 saturated heterocycles. The van der Waals surface area contributed by atoms with E-state index in [1.54, 1.807) is 23.9 Å². The normalized spacial score (nSPS) is 10.1. The lowest BCUT2D eigenvalue weighted by atomic mass is 10.1. The van der Waals surface area contributed by atoms with E-state index in [1.807, 2.05) is 24.4 Å². The molecule has 3 nitrogen and oxygen atoms in total. The van der Waals surface area contributed by atoms with Gasteiger partial charge in [-0.05, 0) is 36.2 Å². The van der Waals surface area contributed by atoms with Crippen LogP contribution in [0.4, 0.5) is 0 Å². The van der Waals surface area contributed by atoms with Crippen molar-refractivity contribution in [2.24, 2.45) is 0 Å². The van der Waals surface area contributed by atoms with E-state index < -0.39 is 5.97 Å². The van der Waals surface area contributed by atoms with E-state index in [0.29, 0.717) is 10.4 Å². The molecule has 2 aromatic rings. The Kier molecular flexibility index (Phi) is 4.25. The maximum absolute atomic E-state index is 10.8. The maximum Gasteiger partial charge on any atom is 0.345 e. The Labute approximate surface area is 119 Å². The molecule has 0 unspecified atom stereocenters. The second-order valence-electron chi connectivity index (χ2n) is 3.99. The van der Waals surface area contributed by atoms with Crippen molar-refractivity contribution in [1.29, 1.82) is 5.26 Å². The van der Waals surface area contributed by atoms with Gasteiger partial charge in [-0.2, -0.15) is 5.26 Å². The van der Waals surface area contributed by atoms with E-state index in [-0.39, 0.29) is 0 Å². The first-order chi connectivity index (χ1) is 9.10. The molecule has 0 radical (unpaired) electrons. The molecule has 5 heteroatoms. The van der Waals surface area contributed by atoms with Gasteiger partial charge in [-0.1, -0.05) is 6.07 Å². The van der Waals surface area contributed by atoms with Gasteiger partial charge in [0.15, 0.2) is 0 Å². The third kappa shape index (κ3) is 3.37. The number of hydrogen-bond donors (Lipinski definition) is 1. The number of carboxylic acids is 1. The molecule has 0 amide bonds. The van der Waals surface area contributed by atoms with Crippen molar-refractivity contribution in [2.45, 2.75) is 17.6 Å². The minimum Gasteiger partial charge on any atom is -0.477 e. The number of thiophene rings is 1. The second kappa shape index (κ2) is 5.91. The number of aromatic carboxylic acids is 1. The zero-order valence-electron chi connectivity index (χ0n) is 10.2. The number of carbonyl (C=O) groups is 1. The standard InChI is InChI=1S/C14H11NO2S2/c1-9-4-10(6-15)2-3-11(9)7-18-12-5-13(14(16)17)19-8-12/h2-5,8H,7H2,1H3,(H,16,17). The summed E-state index contributed by atoms with van der Waals surface area (Å²) in [5.41, 5.74) is 2.90. The quantitative estimate of drug-likeness (QED) is 0.867. The minimum atomic E-state index is -0.883. The molecule has 1 aromatic carbocycles. The largest absolute Gasteiger partial charge is 0.477 e. The highest BCUT2D eigenvalue weighted by atomic mass is 32.2. The number of hydrogen-bond acceptors (Lipinski definition) is 4. The summed E-state index contributed by atoms with van der Waals surface area (Å²) in [7, 11) is 0. The average Bonchev–Trinajstić information content (AvgIpc) is 2.86. The molecule has 0 aliphatic carbocycles. The highest BCUT2D eigenvalue weighted by molar-refractivity contribution is 7.98. The first-order valence-corrected chi connectivity index (χ1v) is 7.41. The third-order valence-corrected chi connectivity index (χ3v) is 4.74. The van der Waals surface area contributed by atoms with Crippen LogP contribution in [0.5, 0.6) is 0 Å². The maximum atomic E-state index is 10.8. The Hall–Kier alpha value is -1.77. The van der Waals surface area contributed by atoms with Gasteiger partial charge in [0.25, 0.3) is 0 Å². The fourth-order valence-corrected chi connectivity index (χ4v) is 3.54. The van der Waals surface area contributed by atoms with Crippen molar-refractivity contribution in [3.05, 3.63) is 51.2 Å². The number of thioether (sulfide) groups is 1. The number of aryl methyl sites for hydroxylation is 1. The summed E-state index contributed by atoms with van der Waals surface area (Å²) in [4.78, 5) is 12.1. The lowest BCUT2D eigenvalue weighted by molar-refractivity contribution is 0.0702. The summed E-state index contributed by atoms with van der Waals surface area (Å²) >= 11 is 2.84. The lowest BCUT2D eigenvalue weighted by Gasteiger charge is -2.04. The molecular weight excluding hydrogens is 278 g/mol. The Morgan fingerprint density at radius 2 is 2.26 bits per heavy atom. The predicted octanol–water partition coefficient (Wildman–Crippen LogP) is 3.92. The molecule has 0 aliphatic heterocycles. The molecule has 96 valence electrons. The van der Waals surface area contributed by atoms with Gasteiger partial charge in [0.05, 0.1) is 11.6 Å². The third-order valence-electron chi connectivity index (χ3n) is 2.65. The summed E-state index contributed by atoms with van der Waals surface area (Å²) < 4.78 is 0. The highest BCUT2D eigenvalue weighted by Gasteiger charge is 2.08. The van der Waals surface area contributed by atoms with Crippen molar-refractivity contribution < 1.29 is 9.90 Å². The van der Waals surface area contributed by atoms with Crippen LogP contribution in [0.1, 0.15) is 26.4 Å². The number of rotatable bonds is 4. The number of carboxylic acid groups (broad SMARTS) is 1. The molecule has 19 heavy (non-hydrogen) atoms. The van der Waals surface area contributed by atoms with Crippen LogP contribution in [-0.2, 0) is 5.75 Å². The number of nitrogens with zero attached hydrogens (tertiary/aromatic N) is 1. The van der Waals surface area contributed by atoms with Crippen LogP contribution >= 0.6 is 23.1 Å². The van der Waals surface area contributed by atoms with Crippen molar-refractivity contribution in [1.82, 2.24) is 0 Å². The fourth-order valence-electron chi connectivity index (χ4n) is 1.60. The summed E-state index contributed by atoms with van der Waals surface area (Å²) in [5.74, 6) is -0.112. The Morgan fingerprint density at radius 1 is 1.47 bits per heavy atom. The zero-order valence-corrected chi connectivity index (χ0v) is 11.8. The fraction of sp³-hybridized carbons (Fsp3) is 0.143. The summed E-state index contributed by atoms with van der Waals surface area (Å²) in [6.45, 7) is 1.98. The van der Waals surface area contributed by atoms with Gasteiger partial charge in [0.2, 0.25) is 0 Å². The SMILES string of the molecule is Cc1cc(C#N)ccc1CSc1csc(C(=O)O)c1. The van der Waals surface area contributed by atoms with E-state index in [1.165, 1.54) is 11.3 Å². The van der Waals surface area contributed by atoms with Crippen LogP contribution in [0, 0.1) is 18.3 Å². The molecule has 2 rings (SSSR count). The van der Waals surface area contributed by atoms with Crippen LogP contribution in [0.25, 0.3) is 0 Å². The van der Waals surface area contributed by atoms with Crippen LogP contribution < -0.4 is 0 Å². The molecule has 0 saturated carbocycles. The topological polar surface area (TPSA) is 61.1 Å². The highest BCUT2D eigenvalue weighted by Crippen LogP contribution is 2.28. The zero-order chi connectivity index (χ0) is 13.8. The van der Waals surface area contributed by atoms with E-state index in [2.05, 4.69) is 6.07 Å². The molecule has 0 spiro atoms. The van der Waals surface area contributed by atoms with E-state index in [0.717, 1.165) is 21.8 Å². The second-order valence-corrected chi connectivity index (χ2v) is 5.95. The number of benzene rings is 1. The van der Waals surface area contributed by atoms with Crippen molar-refractivity contribution >= 4 is 29.1 Å². The van der Waals surface area contributed by atoms with Gasteiger partial charge in [-0.25, -0.2) is 4.79 Å². The van der Waals surface area contributed by atoms with Gasteiger partial charge in [0.1, 0.15) is 4.88 Å². The van der Waals surface area contributed by atoms with Gasteiger partial charge in [-0.3, -0.25) is 0 Å². The van der Waals surface area contributed by atoms with E-state index in [4.69, 9.17) is 10.4 Å². The van der Waals surface area contributed by atoms with Crippen LogP contribution in [0.15, 0.2) is 34.5 Å². The minimum absolute atomic E-state index is 0.360. The van der Waals surface area contributed by atoms with Gasteiger partial charge < -0.3 is 5.11 Å². The molecule has 0 atom stereocenters. The van der Waals surface area contributed by atoms with Crippen LogP contribution in [0.3, 0.4) is 0 Å². The Morgan fingerprint density at radius 3 is 2.84 bits per heavy atom. The van der Waals surface area contributed by atoms with Crippen LogP contribution in [0.2, 0.25) is 0 Å². The average molecular weight is 289 g/mol. The summed E-state index contributed by atoms with van der Waals surface area (Å²) in [6, 6.07) is 9.43. The molecule has 0 bridgehead atoms.